The van der Waals surface area contributed by atoms with Gasteiger partial charge in [-0.15, -0.1) is 0 Å². The van der Waals surface area contributed by atoms with Crippen LogP contribution in [0.2, 0.25) is 5.02 Å². The molecule has 120 valence electrons. The van der Waals surface area contributed by atoms with Gasteiger partial charge >= 0.3 is 0 Å². The SMILES string of the molecule is NC(=O)COc1ccc(NC(=O)CCc2cccc(Cl)c2)cc1. The van der Waals surface area contributed by atoms with Crippen LogP contribution in [0.25, 0.3) is 0 Å². The van der Waals surface area contributed by atoms with Gasteiger partial charge < -0.3 is 15.8 Å². The summed E-state index contributed by atoms with van der Waals surface area (Å²) in [5.74, 6) is -0.111. The zero-order valence-corrected chi connectivity index (χ0v) is 13.2. The number of carbonyl (C=O) groups excluding carboxylic acids is 2. The van der Waals surface area contributed by atoms with Crippen molar-refractivity contribution in [1.29, 1.82) is 0 Å². The molecule has 2 amide bonds. The summed E-state index contributed by atoms with van der Waals surface area (Å²) in [5.41, 5.74) is 6.67. The minimum Gasteiger partial charge on any atom is -0.484 e. The fourth-order valence-electron chi connectivity index (χ4n) is 1.96. The lowest BCUT2D eigenvalue weighted by Gasteiger charge is -2.07. The van der Waals surface area contributed by atoms with Crippen molar-refractivity contribution in [3.05, 3.63) is 59.1 Å². The van der Waals surface area contributed by atoms with Crippen molar-refractivity contribution >= 4 is 29.1 Å². The van der Waals surface area contributed by atoms with Crippen molar-refractivity contribution in [2.45, 2.75) is 12.8 Å². The molecule has 0 atom stereocenters. The van der Waals surface area contributed by atoms with Gasteiger partial charge in [-0.25, -0.2) is 0 Å². The number of hydrogen-bond acceptors (Lipinski definition) is 3. The van der Waals surface area contributed by atoms with Crippen LogP contribution in [0.3, 0.4) is 0 Å². The molecule has 0 aliphatic heterocycles. The summed E-state index contributed by atoms with van der Waals surface area (Å²) >= 11 is 5.91. The quantitative estimate of drug-likeness (QED) is 0.818. The predicted octanol–water partition coefficient (Wildman–Crippen LogP) is 2.78. The van der Waals surface area contributed by atoms with Gasteiger partial charge in [0.05, 0.1) is 0 Å². The molecule has 2 aromatic rings. The maximum Gasteiger partial charge on any atom is 0.255 e. The summed E-state index contributed by atoms with van der Waals surface area (Å²) in [7, 11) is 0. The molecule has 3 N–H and O–H groups in total. The molecule has 2 rings (SSSR count). The predicted molar refractivity (Wildman–Crippen MR) is 89.5 cm³/mol. The molecule has 6 heteroatoms. The smallest absolute Gasteiger partial charge is 0.255 e. The number of aryl methyl sites for hydroxylation is 1. The number of hydrogen-bond donors (Lipinski definition) is 2. The highest BCUT2D eigenvalue weighted by Gasteiger charge is 2.04. The lowest BCUT2D eigenvalue weighted by atomic mass is 10.1. The topological polar surface area (TPSA) is 81.4 Å². The minimum absolute atomic E-state index is 0.0872. The summed E-state index contributed by atoms with van der Waals surface area (Å²) in [5, 5.41) is 3.46. The highest BCUT2D eigenvalue weighted by molar-refractivity contribution is 6.30. The van der Waals surface area contributed by atoms with E-state index in [1.54, 1.807) is 30.3 Å². The van der Waals surface area contributed by atoms with Crippen LogP contribution in [-0.4, -0.2) is 18.4 Å². The monoisotopic (exact) mass is 332 g/mol. The number of nitrogens with two attached hydrogens (primary N) is 1. The molecule has 2 aromatic carbocycles. The molecule has 5 nitrogen and oxygen atoms in total. The number of rotatable bonds is 7. The van der Waals surface area contributed by atoms with E-state index >= 15 is 0 Å². The minimum atomic E-state index is -0.539. The lowest BCUT2D eigenvalue weighted by Crippen LogP contribution is -2.20. The Morgan fingerprint density at radius 2 is 1.87 bits per heavy atom. The van der Waals surface area contributed by atoms with E-state index in [4.69, 9.17) is 22.1 Å². The van der Waals surface area contributed by atoms with Crippen molar-refractivity contribution in [2.75, 3.05) is 11.9 Å². The first-order valence-corrected chi connectivity index (χ1v) is 7.46. The number of ether oxygens (including phenoxy) is 1. The van der Waals surface area contributed by atoms with Crippen molar-refractivity contribution < 1.29 is 14.3 Å². The Morgan fingerprint density at radius 1 is 1.13 bits per heavy atom. The van der Waals surface area contributed by atoms with Crippen molar-refractivity contribution in [1.82, 2.24) is 0 Å². The summed E-state index contributed by atoms with van der Waals surface area (Å²) in [6.45, 7) is -0.175. The molecule has 0 saturated carbocycles. The normalized spacial score (nSPS) is 10.1. The van der Waals surface area contributed by atoms with E-state index in [2.05, 4.69) is 5.32 Å². The Morgan fingerprint density at radius 3 is 2.52 bits per heavy atom. The number of halogens is 1. The van der Waals surface area contributed by atoms with Gasteiger partial charge in [0.2, 0.25) is 5.91 Å². The van der Waals surface area contributed by atoms with Crippen LogP contribution in [0, 0.1) is 0 Å². The average Bonchev–Trinajstić information content (AvgIpc) is 2.52. The van der Waals surface area contributed by atoms with E-state index in [1.807, 2.05) is 18.2 Å². The van der Waals surface area contributed by atoms with Gasteiger partial charge in [0.25, 0.3) is 5.91 Å². The highest BCUT2D eigenvalue weighted by atomic mass is 35.5. The van der Waals surface area contributed by atoms with E-state index in [9.17, 15) is 9.59 Å². The summed E-state index contributed by atoms with van der Waals surface area (Å²) < 4.78 is 5.14. The van der Waals surface area contributed by atoms with Crippen molar-refractivity contribution in [3.63, 3.8) is 0 Å². The van der Waals surface area contributed by atoms with Crippen LogP contribution >= 0.6 is 11.6 Å². The molecule has 0 heterocycles. The Balaban J connectivity index is 1.81. The van der Waals surface area contributed by atoms with Gasteiger partial charge in [-0.2, -0.15) is 0 Å². The number of nitrogens with one attached hydrogen (secondary N) is 1. The second-order valence-electron chi connectivity index (χ2n) is 4.96. The molecule has 0 radical (unpaired) electrons. The van der Waals surface area contributed by atoms with E-state index in [0.717, 1.165) is 5.56 Å². The van der Waals surface area contributed by atoms with Gasteiger partial charge in [-0.05, 0) is 48.4 Å². The Bertz CT molecular complexity index is 686. The van der Waals surface area contributed by atoms with Crippen LogP contribution in [0.4, 0.5) is 5.69 Å². The maximum absolute atomic E-state index is 11.9. The van der Waals surface area contributed by atoms with Crippen LogP contribution in [0.15, 0.2) is 48.5 Å². The maximum atomic E-state index is 11.9. The summed E-state index contributed by atoms with van der Waals surface area (Å²) in [4.78, 5) is 22.6. The Labute approximate surface area is 139 Å². The van der Waals surface area contributed by atoms with Gasteiger partial charge in [-0.1, -0.05) is 23.7 Å². The van der Waals surface area contributed by atoms with Crippen LogP contribution in [0.5, 0.6) is 5.75 Å². The molecule has 23 heavy (non-hydrogen) atoms. The first kappa shape index (κ1) is 16.8. The van der Waals surface area contributed by atoms with E-state index < -0.39 is 5.91 Å². The van der Waals surface area contributed by atoms with Gasteiger partial charge in [0.1, 0.15) is 5.75 Å². The molecular formula is C17H17ClN2O3. The van der Waals surface area contributed by atoms with E-state index in [1.165, 1.54) is 0 Å². The molecule has 0 saturated heterocycles. The van der Waals surface area contributed by atoms with E-state index in [0.29, 0.717) is 29.3 Å². The van der Waals surface area contributed by atoms with Crippen LogP contribution in [-0.2, 0) is 16.0 Å². The molecule has 0 spiro atoms. The summed E-state index contributed by atoms with van der Waals surface area (Å²) in [6, 6.07) is 14.2. The molecule has 0 aliphatic rings. The third-order valence-corrected chi connectivity index (χ3v) is 3.28. The molecule has 0 unspecified atom stereocenters. The van der Waals surface area contributed by atoms with Crippen molar-refractivity contribution in [2.24, 2.45) is 5.73 Å². The van der Waals surface area contributed by atoms with Gasteiger partial charge in [0, 0.05) is 17.1 Å². The number of amides is 2. The summed E-state index contributed by atoms with van der Waals surface area (Å²) in [6.07, 6.45) is 0.979. The second-order valence-corrected chi connectivity index (χ2v) is 5.39. The van der Waals surface area contributed by atoms with E-state index in [-0.39, 0.29) is 12.5 Å². The largest absolute Gasteiger partial charge is 0.484 e. The third kappa shape index (κ3) is 6.00. The first-order chi connectivity index (χ1) is 11.0. The second kappa shape index (κ2) is 8.19. The van der Waals surface area contributed by atoms with Crippen molar-refractivity contribution in [3.8, 4) is 5.75 Å². The molecule has 0 aliphatic carbocycles. The highest BCUT2D eigenvalue weighted by Crippen LogP contribution is 2.16. The van der Waals surface area contributed by atoms with Crippen LogP contribution < -0.4 is 15.8 Å². The van der Waals surface area contributed by atoms with Crippen LogP contribution in [0.1, 0.15) is 12.0 Å². The van der Waals surface area contributed by atoms with Gasteiger partial charge in [0.15, 0.2) is 6.61 Å². The number of benzene rings is 2. The Hall–Kier alpha value is -2.53. The molecular weight excluding hydrogens is 316 g/mol. The third-order valence-electron chi connectivity index (χ3n) is 3.05. The zero-order valence-electron chi connectivity index (χ0n) is 12.4. The fourth-order valence-corrected chi connectivity index (χ4v) is 2.18. The molecule has 0 aromatic heterocycles. The first-order valence-electron chi connectivity index (χ1n) is 7.08. The number of carbonyl (C=O) groups is 2. The number of primary amides is 1. The fraction of sp³-hybridized carbons (Fsp3) is 0.176. The van der Waals surface area contributed by atoms with Gasteiger partial charge in [-0.3, -0.25) is 9.59 Å². The Kier molecular flexibility index (Phi) is 6.00. The zero-order chi connectivity index (χ0) is 16.7. The molecule has 0 fully saturated rings. The lowest BCUT2D eigenvalue weighted by molar-refractivity contribution is -0.120. The average molecular weight is 333 g/mol. The molecule has 0 bridgehead atoms. The standard InChI is InChI=1S/C17H17ClN2O3/c18-13-3-1-2-12(10-13)4-9-17(22)20-14-5-7-15(8-6-14)23-11-16(19)21/h1-3,5-8,10H,4,9,11H2,(H2,19,21)(H,20,22). The number of anilines is 1.